The molecule has 0 aliphatic heterocycles. The average molecular weight is 306 g/mol. The Bertz CT molecular complexity index is 301. The topological polar surface area (TPSA) is 24.9 Å². The van der Waals surface area contributed by atoms with Crippen molar-refractivity contribution in [2.24, 2.45) is 0 Å². The lowest BCUT2D eigenvalue weighted by Gasteiger charge is -2.30. The van der Waals surface area contributed by atoms with Gasteiger partial charge in [-0.2, -0.15) is 0 Å². The van der Waals surface area contributed by atoms with Crippen molar-refractivity contribution in [3.05, 3.63) is 28.5 Å². The van der Waals surface area contributed by atoms with E-state index in [1.165, 1.54) is 0 Å². The van der Waals surface area contributed by atoms with E-state index in [1.807, 2.05) is 18.3 Å². The van der Waals surface area contributed by atoms with Crippen molar-refractivity contribution >= 4 is 27.5 Å². The largest absolute Gasteiger partial charge is 0.304 e. The zero-order valence-corrected chi connectivity index (χ0v) is 12.1. The molecular weight excluding hydrogens is 288 g/mol. The van der Waals surface area contributed by atoms with Gasteiger partial charge >= 0.3 is 0 Å². The van der Waals surface area contributed by atoms with Crippen LogP contribution in [0.2, 0.25) is 0 Å². The van der Waals surface area contributed by atoms with Crippen LogP contribution in [-0.2, 0) is 6.54 Å². The molecule has 0 amide bonds. The van der Waals surface area contributed by atoms with Crippen molar-refractivity contribution in [3.63, 3.8) is 0 Å². The lowest BCUT2D eigenvalue weighted by atomic mass is 9.95. The summed E-state index contributed by atoms with van der Waals surface area (Å²) in [5, 5.41) is 3.51. The normalized spacial score (nSPS) is 11.8. The van der Waals surface area contributed by atoms with E-state index >= 15 is 0 Å². The van der Waals surface area contributed by atoms with E-state index < -0.39 is 0 Å². The van der Waals surface area contributed by atoms with Crippen LogP contribution < -0.4 is 5.32 Å². The molecule has 0 atom stereocenters. The van der Waals surface area contributed by atoms with Crippen LogP contribution in [0.25, 0.3) is 0 Å². The maximum atomic E-state index is 6.03. The molecule has 1 aromatic rings. The highest BCUT2D eigenvalue weighted by molar-refractivity contribution is 9.10. The van der Waals surface area contributed by atoms with Crippen molar-refractivity contribution in [2.45, 2.75) is 38.8 Å². The third kappa shape index (κ3) is 3.72. The Balaban J connectivity index is 2.58. The van der Waals surface area contributed by atoms with Gasteiger partial charge in [0.2, 0.25) is 0 Å². The van der Waals surface area contributed by atoms with Gasteiger partial charge in [0.05, 0.1) is 5.69 Å². The standard InChI is InChI=1S/C12H18BrClN2/c1-3-12(4-2,9-14)16-8-11-6-5-10(13)7-15-11/h5-7,16H,3-4,8-9H2,1-2H3. The van der Waals surface area contributed by atoms with E-state index in [4.69, 9.17) is 11.6 Å². The number of rotatable bonds is 6. The Kier molecular flexibility index (Phi) is 5.73. The molecule has 0 bridgehead atoms. The summed E-state index contributed by atoms with van der Waals surface area (Å²) in [4.78, 5) is 4.33. The summed E-state index contributed by atoms with van der Waals surface area (Å²) in [5.41, 5.74) is 1.08. The van der Waals surface area contributed by atoms with Gasteiger partial charge in [-0.3, -0.25) is 4.98 Å². The SMILES string of the molecule is CCC(CC)(CCl)NCc1ccc(Br)cn1. The smallest absolute Gasteiger partial charge is 0.0542 e. The van der Waals surface area contributed by atoms with Gasteiger partial charge in [0.1, 0.15) is 0 Å². The summed E-state index contributed by atoms with van der Waals surface area (Å²) in [5.74, 6) is 0.635. The maximum Gasteiger partial charge on any atom is 0.0542 e. The van der Waals surface area contributed by atoms with Crippen LogP contribution in [0.3, 0.4) is 0 Å². The summed E-state index contributed by atoms with van der Waals surface area (Å²) in [6, 6.07) is 4.02. The molecule has 0 aliphatic carbocycles. The Morgan fingerprint density at radius 3 is 2.50 bits per heavy atom. The second-order valence-corrected chi connectivity index (χ2v) is 5.13. The van der Waals surface area contributed by atoms with Crippen molar-refractivity contribution in [3.8, 4) is 0 Å². The van der Waals surface area contributed by atoms with E-state index in [2.05, 4.69) is 40.1 Å². The van der Waals surface area contributed by atoms with Crippen LogP contribution in [0.4, 0.5) is 0 Å². The van der Waals surface area contributed by atoms with Gasteiger partial charge < -0.3 is 5.32 Å². The minimum Gasteiger partial charge on any atom is -0.304 e. The summed E-state index contributed by atoms with van der Waals surface area (Å²) >= 11 is 9.40. The molecule has 0 fully saturated rings. The van der Waals surface area contributed by atoms with Crippen LogP contribution in [0.15, 0.2) is 22.8 Å². The second kappa shape index (κ2) is 6.58. The van der Waals surface area contributed by atoms with E-state index in [1.54, 1.807) is 0 Å². The van der Waals surface area contributed by atoms with Crippen molar-refractivity contribution in [1.82, 2.24) is 10.3 Å². The number of hydrogen-bond donors (Lipinski definition) is 1. The molecule has 0 aliphatic rings. The Morgan fingerprint density at radius 2 is 2.06 bits per heavy atom. The van der Waals surface area contributed by atoms with Gasteiger partial charge in [-0.1, -0.05) is 13.8 Å². The molecule has 4 heteroatoms. The number of alkyl halides is 1. The first kappa shape index (κ1) is 13.9. The fourth-order valence-corrected chi connectivity index (χ4v) is 2.23. The molecule has 1 rings (SSSR count). The summed E-state index contributed by atoms with van der Waals surface area (Å²) < 4.78 is 1.01. The van der Waals surface area contributed by atoms with Gasteiger partial charge in [-0.15, -0.1) is 11.6 Å². The highest BCUT2D eigenvalue weighted by Gasteiger charge is 2.23. The van der Waals surface area contributed by atoms with E-state index in [-0.39, 0.29) is 5.54 Å². The second-order valence-electron chi connectivity index (χ2n) is 3.94. The monoisotopic (exact) mass is 304 g/mol. The van der Waals surface area contributed by atoms with Crippen LogP contribution >= 0.6 is 27.5 Å². The lowest BCUT2D eigenvalue weighted by molar-refractivity contribution is 0.332. The molecule has 0 saturated heterocycles. The highest BCUT2D eigenvalue weighted by Crippen LogP contribution is 2.17. The zero-order valence-electron chi connectivity index (χ0n) is 9.76. The van der Waals surface area contributed by atoms with Gasteiger partial charge in [0, 0.05) is 28.6 Å². The van der Waals surface area contributed by atoms with Crippen molar-refractivity contribution < 1.29 is 0 Å². The number of halogens is 2. The van der Waals surface area contributed by atoms with Crippen LogP contribution in [0, 0.1) is 0 Å². The molecule has 0 saturated carbocycles. The highest BCUT2D eigenvalue weighted by atomic mass is 79.9. The molecule has 0 radical (unpaired) electrons. The first-order valence-electron chi connectivity index (χ1n) is 5.57. The molecule has 16 heavy (non-hydrogen) atoms. The minimum atomic E-state index is 0.0380. The van der Waals surface area contributed by atoms with Crippen molar-refractivity contribution in [2.75, 3.05) is 5.88 Å². The molecular formula is C12H18BrClN2. The molecule has 1 N–H and O–H groups in total. The quantitative estimate of drug-likeness (QED) is 0.810. The third-order valence-corrected chi connectivity index (χ3v) is 4.02. The minimum absolute atomic E-state index is 0.0380. The predicted octanol–water partition coefficient (Wildman–Crippen LogP) is 3.73. The Labute approximate surface area is 111 Å². The molecule has 1 aromatic heterocycles. The van der Waals surface area contributed by atoms with Gasteiger partial charge in [0.25, 0.3) is 0 Å². The van der Waals surface area contributed by atoms with Gasteiger partial charge in [-0.05, 0) is 40.9 Å². The van der Waals surface area contributed by atoms with Gasteiger partial charge in [0.15, 0.2) is 0 Å². The lowest BCUT2D eigenvalue weighted by Crippen LogP contribution is -2.45. The number of pyridine rings is 1. The van der Waals surface area contributed by atoms with Crippen LogP contribution in [-0.4, -0.2) is 16.4 Å². The predicted molar refractivity (Wildman–Crippen MR) is 72.8 cm³/mol. The van der Waals surface area contributed by atoms with Crippen LogP contribution in [0.1, 0.15) is 32.4 Å². The fraction of sp³-hybridized carbons (Fsp3) is 0.583. The first-order valence-corrected chi connectivity index (χ1v) is 6.90. The fourth-order valence-electron chi connectivity index (χ4n) is 1.53. The number of hydrogen-bond acceptors (Lipinski definition) is 2. The summed E-state index contributed by atoms with van der Waals surface area (Å²) in [7, 11) is 0. The molecule has 1 heterocycles. The third-order valence-electron chi connectivity index (χ3n) is 3.04. The maximum absolute atomic E-state index is 6.03. The summed E-state index contributed by atoms with van der Waals surface area (Å²) in [6.07, 6.45) is 3.88. The Morgan fingerprint density at radius 1 is 1.38 bits per heavy atom. The number of aromatic nitrogens is 1. The average Bonchev–Trinajstić information content (AvgIpc) is 2.34. The molecule has 0 spiro atoms. The van der Waals surface area contributed by atoms with Crippen LogP contribution in [0.5, 0.6) is 0 Å². The van der Waals surface area contributed by atoms with Crippen molar-refractivity contribution in [1.29, 1.82) is 0 Å². The molecule has 90 valence electrons. The van der Waals surface area contributed by atoms with Gasteiger partial charge in [-0.25, -0.2) is 0 Å². The van der Waals surface area contributed by atoms with E-state index in [0.29, 0.717) is 5.88 Å². The summed E-state index contributed by atoms with van der Waals surface area (Å²) in [6.45, 7) is 5.09. The van der Waals surface area contributed by atoms with E-state index in [0.717, 1.165) is 29.6 Å². The molecule has 0 aromatic carbocycles. The van der Waals surface area contributed by atoms with E-state index in [9.17, 15) is 0 Å². The first-order chi connectivity index (χ1) is 7.65. The number of nitrogens with one attached hydrogen (secondary N) is 1. The molecule has 2 nitrogen and oxygen atoms in total. The molecule has 0 unspecified atom stereocenters. The number of nitrogens with zero attached hydrogens (tertiary/aromatic N) is 1. The Hall–Kier alpha value is -0.120. The zero-order chi connectivity index (χ0) is 12.0.